The van der Waals surface area contributed by atoms with E-state index in [2.05, 4.69) is 5.10 Å². The van der Waals surface area contributed by atoms with Crippen LogP contribution >= 0.6 is 23.2 Å². The van der Waals surface area contributed by atoms with Crippen molar-refractivity contribution in [1.82, 2.24) is 9.78 Å². The number of unbranched alkanes of at least 4 members (excludes halogenated alkanes) is 2. The van der Waals surface area contributed by atoms with Crippen molar-refractivity contribution in [3.8, 4) is 6.07 Å². The fourth-order valence-corrected chi connectivity index (χ4v) is 1.34. The summed E-state index contributed by atoms with van der Waals surface area (Å²) >= 11 is 11.3. The lowest BCUT2D eigenvalue weighted by atomic mass is 10.2. The van der Waals surface area contributed by atoms with Gasteiger partial charge in [-0.3, -0.25) is 4.79 Å². The molecule has 0 aliphatic carbocycles. The molecule has 0 aromatic carbocycles. The molecular weight excluding hydrogens is 237 g/mol. The molecule has 0 aliphatic heterocycles. The zero-order valence-electron chi connectivity index (χ0n) is 7.91. The maximum atomic E-state index is 11.5. The Labute approximate surface area is 97.0 Å². The van der Waals surface area contributed by atoms with Crippen LogP contribution in [-0.4, -0.2) is 9.78 Å². The zero-order valence-corrected chi connectivity index (χ0v) is 9.42. The van der Waals surface area contributed by atoms with Gasteiger partial charge in [-0.05, 0) is 12.8 Å². The second kappa shape index (κ2) is 5.74. The van der Waals surface area contributed by atoms with Crippen LogP contribution in [-0.2, 0) is 6.54 Å². The third-order valence-corrected chi connectivity index (χ3v) is 2.60. The summed E-state index contributed by atoms with van der Waals surface area (Å²) in [4.78, 5) is 11.5. The van der Waals surface area contributed by atoms with E-state index in [-0.39, 0.29) is 15.6 Å². The Morgan fingerprint density at radius 2 is 2.20 bits per heavy atom. The van der Waals surface area contributed by atoms with Crippen LogP contribution in [0.5, 0.6) is 0 Å². The largest absolute Gasteiger partial charge is 0.287 e. The quantitative estimate of drug-likeness (QED) is 0.765. The molecule has 6 heteroatoms. The molecule has 0 fully saturated rings. The van der Waals surface area contributed by atoms with Gasteiger partial charge < -0.3 is 0 Å². The molecule has 0 unspecified atom stereocenters. The molecule has 0 amide bonds. The van der Waals surface area contributed by atoms with E-state index >= 15 is 0 Å². The van der Waals surface area contributed by atoms with Crippen molar-refractivity contribution in [2.75, 3.05) is 0 Å². The summed E-state index contributed by atoms with van der Waals surface area (Å²) in [5, 5.41) is 12.3. The summed E-state index contributed by atoms with van der Waals surface area (Å²) in [6, 6.07) is 2.03. The van der Waals surface area contributed by atoms with Gasteiger partial charge in [0.1, 0.15) is 5.02 Å². The third-order valence-electron chi connectivity index (χ3n) is 1.85. The summed E-state index contributed by atoms with van der Waals surface area (Å²) < 4.78 is 1.26. The lowest BCUT2D eigenvalue weighted by molar-refractivity contribution is 0.535. The molecule has 0 saturated carbocycles. The monoisotopic (exact) mass is 245 g/mol. The van der Waals surface area contributed by atoms with Crippen LogP contribution in [0, 0.1) is 11.3 Å². The van der Waals surface area contributed by atoms with Crippen LogP contribution in [0.4, 0.5) is 0 Å². The van der Waals surface area contributed by atoms with Crippen molar-refractivity contribution < 1.29 is 0 Å². The number of nitriles is 1. The highest BCUT2D eigenvalue weighted by molar-refractivity contribution is 6.41. The first-order valence-corrected chi connectivity index (χ1v) is 5.20. The van der Waals surface area contributed by atoms with Gasteiger partial charge in [0.25, 0.3) is 5.56 Å². The van der Waals surface area contributed by atoms with Crippen molar-refractivity contribution in [1.29, 1.82) is 5.26 Å². The van der Waals surface area contributed by atoms with Gasteiger partial charge in [0.05, 0.1) is 17.3 Å². The molecular formula is C9H9Cl2N3O. The van der Waals surface area contributed by atoms with Crippen molar-refractivity contribution in [2.45, 2.75) is 25.8 Å². The highest BCUT2D eigenvalue weighted by Gasteiger charge is 2.06. The van der Waals surface area contributed by atoms with Crippen LogP contribution in [0.25, 0.3) is 0 Å². The average molecular weight is 246 g/mol. The maximum Gasteiger partial charge on any atom is 0.287 e. The van der Waals surface area contributed by atoms with E-state index < -0.39 is 0 Å². The lowest BCUT2D eigenvalue weighted by Gasteiger charge is -2.03. The minimum Gasteiger partial charge on any atom is -0.266 e. The molecule has 0 bridgehead atoms. The molecule has 4 nitrogen and oxygen atoms in total. The van der Waals surface area contributed by atoms with Crippen LogP contribution in [0.1, 0.15) is 19.3 Å². The van der Waals surface area contributed by atoms with Crippen LogP contribution < -0.4 is 5.56 Å². The van der Waals surface area contributed by atoms with Gasteiger partial charge in [0.15, 0.2) is 0 Å². The maximum absolute atomic E-state index is 11.5. The molecule has 1 rings (SSSR count). The minimum absolute atomic E-state index is 0.00745. The van der Waals surface area contributed by atoms with Crippen LogP contribution in [0.2, 0.25) is 10.0 Å². The Bertz CT molecular complexity index is 436. The normalized spacial score (nSPS) is 9.93. The Hall–Kier alpha value is -1.05. The van der Waals surface area contributed by atoms with E-state index in [1.807, 2.05) is 6.07 Å². The summed E-state index contributed by atoms with van der Waals surface area (Å²) in [7, 11) is 0. The molecule has 1 aromatic heterocycles. The predicted molar refractivity (Wildman–Crippen MR) is 58.0 cm³/mol. The Morgan fingerprint density at radius 3 is 2.87 bits per heavy atom. The number of hydrogen-bond donors (Lipinski definition) is 0. The number of hydrogen-bond acceptors (Lipinski definition) is 3. The Kier molecular flexibility index (Phi) is 4.60. The average Bonchev–Trinajstić information content (AvgIpc) is 2.24. The van der Waals surface area contributed by atoms with Gasteiger partial charge in [0, 0.05) is 13.0 Å². The van der Waals surface area contributed by atoms with E-state index in [1.54, 1.807) is 0 Å². The molecule has 0 radical (unpaired) electrons. The first-order chi connectivity index (χ1) is 7.16. The van der Waals surface area contributed by atoms with Crippen molar-refractivity contribution >= 4 is 23.2 Å². The summed E-state index contributed by atoms with van der Waals surface area (Å²) in [6.45, 7) is 0.456. The van der Waals surface area contributed by atoms with E-state index in [4.69, 9.17) is 28.5 Å². The number of aromatic nitrogens is 2. The van der Waals surface area contributed by atoms with E-state index in [0.29, 0.717) is 13.0 Å². The minimum atomic E-state index is -0.388. The second-order valence-electron chi connectivity index (χ2n) is 2.95. The second-order valence-corrected chi connectivity index (χ2v) is 3.74. The van der Waals surface area contributed by atoms with Crippen molar-refractivity contribution in [3.63, 3.8) is 0 Å². The zero-order chi connectivity index (χ0) is 11.3. The van der Waals surface area contributed by atoms with E-state index in [1.165, 1.54) is 10.9 Å². The molecule has 1 heterocycles. The van der Waals surface area contributed by atoms with Gasteiger partial charge >= 0.3 is 0 Å². The summed E-state index contributed by atoms with van der Waals surface area (Å²) in [5.74, 6) is 0. The summed E-state index contributed by atoms with van der Waals surface area (Å²) in [5.41, 5.74) is -0.388. The highest BCUT2D eigenvalue weighted by Crippen LogP contribution is 2.14. The first kappa shape index (κ1) is 12.0. The smallest absolute Gasteiger partial charge is 0.266 e. The molecule has 80 valence electrons. The lowest BCUT2D eigenvalue weighted by Crippen LogP contribution is -2.23. The fourth-order valence-electron chi connectivity index (χ4n) is 1.07. The van der Waals surface area contributed by atoms with Crippen LogP contribution in [0.3, 0.4) is 0 Å². The molecule has 0 N–H and O–H groups in total. The number of halogens is 2. The van der Waals surface area contributed by atoms with E-state index in [0.717, 1.165) is 12.8 Å². The van der Waals surface area contributed by atoms with Crippen molar-refractivity contribution in [2.24, 2.45) is 0 Å². The van der Waals surface area contributed by atoms with E-state index in [9.17, 15) is 4.79 Å². The molecule has 0 aliphatic rings. The SMILES string of the molecule is N#CCCCCn1ncc(Cl)c(Cl)c1=O. The molecule has 0 saturated heterocycles. The number of rotatable bonds is 4. The Morgan fingerprint density at radius 1 is 1.47 bits per heavy atom. The van der Waals surface area contributed by atoms with Gasteiger partial charge in [0.2, 0.25) is 0 Å². The van der Waals surface area contributed by atoms with Gasteiger partial charge in [-0.2, -0.15) is 10.4 Å². The van der Waals surface area contributed by atoms with Gasteiger partial charge in [-0.15, -0.1) is 0 Å². The molecule has 0 spiro atoms. The first-order valence-electron chi connectivity index (χ1n) is 4.45. The standard InChI is InChI=1S/C9H9Cl2N3O/c10-7-6-13-14(9(15)8(7)11)5-3-1-2-4-12/h6H,1-3,5H2. The van der Waals surface area contributed by atoms with Crippen molar-refractivity contribution in [3.05, 3.63) is 26.6 Å². The van der Waals surface area contributed by atoms with Crippen LogP contribution in [0.15, 0.2) is 11.0 Å². The Balaban J connectivity index is 2.67. The number of aryl methyl sites for hydroxylation is 1. The molecule has 15 heavy (non-hydrogen) atoms. The van der Waals surface area contributed by atoms with Gasteiger partial charge in [-0.25, -0.2) is 4.68 Å². The fraction of sp³-hybridized carbons (Fsp3) is 0.444. The predicted octanol–water partition coefficient (Wildman–Crippen LogP) is 2.24. The topological polar surface area (TPSA) is 58.7 Å². The van der Waals surface area contributed by atoms with Gasteiger partial charge in [-0.1, -0.05) is 23.2 Å². The molecule has 1 aromatic rings. The third kappa shape index (κ3) is 3.22. The molecule has 0 atom stereocenters. The summed E-state index contributed by atoms with van der Waals surface area (Å²) in [6.07, 6.45) is 3.29. The number of nitrogens with zero attached hydrogens (tertiary/aromatic N) is 3. The highest BCUT2D eigenvalue weighted by atomic mass is 35.5.